The smallest absolute Gasteiger partial charge is 0.230 e. The zero-order valence-corrected chi connectivity index (χ0v) is 12.0. The van der Waals surface area contributed by atoms with Crippen LogP contribution in [-0.2, 0) is 22.4 Å². The molecule has 1 aromatic heterocycles. The van der Waals surface area contributed by atoms with Crippen molar-refractivity contribution >= 4 is 28.2 Å². The maximum atomic E-state index is 12.0. The molecule has 104 valence electrons. The second kappa shape index (κ2) is 5.69. The summed E-state index contributed by atoms with van der Waals surface area (Å²) in [4.78, 5) is 28.9. The maximum Gasteiger partial charge on any atom is 0.230 e. The monoisotopic (exact) mass is 281 g/mol. The van der Waals surface area contributed by atoms with Crippen LogP contribution in [0.5, 0.6) is 0 Å². The van der Waals surface area contributed by atoms with Gasteiger partial charge in [-0.1, -0.05) is 6.92 Å². The minimum Gasteiger partial charge on any atom is -0.375 e. The quantitative estimate of drug-likeness (QED) is 0.815. The first-order chi connectivity index (χ1) is 9.01. The highest BCUT2D eigenvalue weighted by atomic mass is 32.1. The molecule has 0 saturated carbocycles. The molecular formula is C13H19N3O2S. The normalized spacial score (nSPS) is 19.6. The van der Waals surface area contributed by atoms with Gasteiger partial charge in [-0.3, -0.25) is 9.59 Å². The number of nitrogens with two attached hydrogens (primary N) is 1. The van der Waals surface area contributed by atoms with Crippen molar-refractivity contribution in [2.45, 2.75) is 45.6 Å². The molecule has 2 atom stereocenters. The standard InChI is InChI=1S/C13H19N3O2S/c1-3-10(17)7(2)12(18)15-8-4-5-9-11(6-8)19-13(14)16-9/h7-8H,3-6H2,1-2H3,(H2,14,16)(H,15,18)/t7?,8-/m0/s1. The van der Waals surface area contributed by atoms with E-state index < -0.39 is 5.92 Å². The van der Waals surface area contributed by atoms with Crippen LogP contribution in [0, 0.1) is 5.92 Å². The van der Waals surface area contributed by atoms with Crippen molar-refractivity contribution < 1.29 is 9.59 Å². The number of fused-ring (bicyclic) bond motifs is 1. The lowest BCUT2D eigenvalue weighted by molar-refractivity contribution is -0.133. The average molecular weight is 281 g/mol. The van der Waals surface area contributed by atoms with E-state index in [1.165, 1.54) is 11.3 Å². The number of rotatable bonds is 4. The van der Waals surface area contributed by atoms with Gasteiger partial charge in [-0.05, 0) is 19.8 Å². The van der Waals surface area contributed by atoms with Crippen molar-refractivity contribution in [2.24, 2.45) is 5.92 Å². The van der Waals surface area contributed by atoms with Crippen molar-refractivity contribution in [1.29, 1.82) is 0 Å². The molecule has 1 amide bonds. The van der Waals surface area contributed by atoms with Crippen molar-refractivity contribution in [3.63, 3.8) is 0 Å². The first-order valence-corrected chi connectivity index (χ1v) is 7.40. The summed E-state index contributed by atoms with van der Waals surface area (Å²) in [6, 6.07) is 0.0898. The number of carbonyl (C=O) groups excluding carboxylic acids is 2. The number of hydrogen-bond donors (Lipinski definition) is 2. The number of aromatic nitrogens is 1. The predicted molar refractivity (Wildman–Crippen MR) is 74.9 cm³/mol. The lowest BCUT2D eigenvalue weighted by Gasteiger charge is -2.23. The molecule has 2 rings (SSSR count). The summed E-state index contributed by atoms with van der Waals surface area (Å²) in [5, 5.41) is 3.55. The number of carbonyl (C=O) groups is 2. The number of amides is 1. The number of nitrogens with one attached hydrogen (secondary N) is 1. The molecule has 0 saturated heterocycles. The van der Waals surface area contributed by atoms with E-state index in [1.54, 1.807) is 13.8 Å². The van der Waals surface area contributed by atoms with Crippen LogP contribution in [-0.4, -0.2) is 22.7 Å². The van der Waals surface area contributed by atoms with Crippen molar-refractivity contribution in [2.75, 3.05) is 5.73 Å². The first-order valence-electron chi connectivity index (χ1n) is 6.58. The fourth-order valence-corrected chi connectivity index (χ4v) is 3.26. The molecule has 0 radical (unpaired) electrons. The minimum atomic E-state index is -0.557. The second-order valence-corrected chi connectivity index (χ2v) is 6.03. The van der Waals surface area contributed by atoms with E-state index in [0.29, 0.717) is 11.6 Å². The lowest BCUT2D eigenvalue weighted by atomic mass is 9.96. The third-order valence-corrected chi connectivity index (χ3v) is 4.48. The Labute approximate surface area is 116 Å². The topological polar surface area (TPSA) is 85.1 Å². The molecule has 0 spiro atoms. The molecule has 1 heterocycles. The molecule has 19 heavy (non-hydrogen) atoms. The largest absolute Gasteiger partial charge is 0.375 e. The molecular weight excluding hydrogens is 262 g/mol. The number of nitrogens with zero attached hydrogens (tertiary/aromatic N) is 1. The number of ketones is 1. The van der Waals surface area contributed by atoms with Crippen LogP contribution in [0.25, 0.3) is 0 Å². The van der Waals surface area contributed by atoms with Gasteiger partial charge in [0.15, 0.2) is 5.13 Å². The molecule has 1 aromatic rings. The highest BCUT2D eigenvalue weighted by Gasteiger charge is 2.26. The zero-order chi connectivity index (χ0) is 14.0. The van der Waals surface area contributed by atoms with Gasteiger partial charge >= 0.3 is 0 Å². The highest BCUT2D eigenvalue weighted by molar-refractivity contribution is 7.15. The average Bonchev–Trinajstić information content (AvgIpc) is 2.76. The van der Waals surface area contributed by atoms with Gasteiger partial charge in [-0.25, -0.2) is 4.98 Å². The lowest BCUT2D eigenvalue weighted by Crippen LogP contribution is -2.42. The van der Waals surface area contributed by atoms with Gasteiger partial charge in [0.25, 0.3) is 0 Å². The van der Waals surface area contributed by atoms with Crippen molar-refractivity contribution in [3.05, 3.63) is 10.6 Å². The Hall–Kier alpha value is -1.43. The van der Waals surface area contributed by atoms with Gasteiger partial charge < -0.3 is 11.1 Å². The molecule has 6 heteroatoms. The van der Waals surface area contributed by atoms with Gasteiger partial charge in [0.2, 0.25) is 5.91 Å². The zero-order valence-electron chi connectivity index (χ0n) is 11.2. The number of thiazole rings is 1. The Kier molecular flexibility index (Phi) is 4.19. The summed E-state index contributed by atoms with van der Waals surface area (Å²) in [5.74, 6) is -0.744. The molecule has 0 aromatic carbocycles. The Morgan fingerprint density at radius 3 is 3.00 bits per heavy atom. The van der Waals surface area contributed by atoms with Crippen molar-refractivity contribution in [3.8, 4) is 0 Å². The Morgan fingerprint density at radius 1 is 1.58 bits per heavy atom. The van der Waals surface area contributed by atoms with Crippen molar-refractivity contribution in [1.82, 2.24) is 10.3 Å². The van der Waals surface area contributed by atoms with Gasteiger partial charge in [0.1, 0.15) is 5.78 Å². The second-order valence-electron chi connectivity index (χ2n) is 4.91. The summed E-state index contributed by atoms with van der Waals surface area (Å²) in [5.41, 5.74) is 6.75. The van der Waals surface area contributed by atoms with E-state index in [-0.39, 0.29) is 17.7 Å². The minimum absolute atomic E-state index is 0.0176. The summed E-state index contributed by atoms with van der Waals surface area (Å²) in [7, 11) is 0. The van der Waals surface area contributed by atoms with Gasteiger partial charge in [0, 0.05) is 23.8 Å². The Morgan fingerprint density at radius 2 is 2.32 bits per heavy atom. The van der Waals surface area contributed by atoms with E-state index in [4.69, 9.17) is 5.73 Å². The molecule has 0 fully saturated rings. The van der Waals surface area contributed by atoms with E-state index in [9.17, 15) is 9.59 Å². The molecule has 5 nitrogen and oxygen atoms in total. The van der Waals surface area contributed by atoms with Crippen LogP contribution in [0.4, 0.5) is 5.13 Å². The van der Waals surface area contributed by atoms with Crippen LogP contribution in [0.2, 0.25) is 0 Å². The summed E-state index contributed by atoms with van der Waals surface area (Å²) >= 11 is 1.49. The maximum absolute atomic E-state index is 12.0. The number of nitrogen functional groups attached to an aromatic ring is 1. The van der Waals surface area contributed by atoms with E-state index in [2.05, 4.69) is 10.3 Å². The van der Waals surface area contributed by atoms with Gasteiger partial charge in [-0.15, -0.1) is 11.3 Å². The molecule has 0 aliphatic heterocycles. The van der Waals surface area contributed by atoms with Crippen LogP contribution in [0.15, 0.2) is 0 Å². The molecule has 1 unspecified atom stereocenters. The highest BCUT2D eigenvalue weighted by Crippen LogP contribution is 2.28. The van der Waals surface area contributed by atoms with Crippen LogP contribution >= 0.6 is 11.3 Å². The fourth-order valence-electron chi connectivity index (χ4n) is 2.30. The number of anilines is 1. The third kappa shape index (κ3) is 3.12. The SMILES string of the molecule is CCC(=O)C(C)C(=O)N[C@H]1CCc2nc(N)sc2C1. The third-order valence-electron chi connectivity index (χ3n) is 3.53. The Bertz CT molecular complexity index is 498. The molecule has 3 N–H and O–H groups in total. The van der Waals surface area contributed by atoms with Crippen LogP contribution < -0.4 is 11.1 Å². The Balaban J connectivity index is 1.95. The van der Waals surface area contributed by atoms with Gasteiger partial charge in [0.05, 0.1) is 11.6 Å². The first kappa shape index (κ1) is 14.0. The number of Topliss-reactive ketones (excluding diaryl/α,β-unsaturated/α-hetero) is 1. The fraction of sp³-hybridized carbons (Fsp3) is 0.615. The number of hydrogen-bond acceptors (Lipinski definition) is 5. The van der Waals surface area contributed by atoms with E-state index in [0.717, 1.165) is 29.8 Å². The molecule has 1 aliphatic carbocycles. The van der Waals surface area contributed by atoms with Gasteiger partial charge in [-0.2, -0.15) is 0 Å². The predicted octanol–water partition coefficient (Wildman–Crippen LogP) is 1.31. The van der Waals surface area contributed by atoms with Crippen LogP contribution in [0.3, 0.4) is 0 Å². The summed E-state index contributed by atoms with van der Waals surface area (Å²) in [6.45, 7) is 3.44. The molecule has 0 bridgehead atoms. The van der Waals surface area contributed by atoms with Crippen LogP contribution in [0.1, 0.15) is 37.3 Å². The van der Waals surface area contributed by atoms with E-state index >= 15 is 0 Å². The summed E-state index contributed by atoms with van der Waals surface area (Å²) in [6.07, 6.45) is 2.86. The summed E-state index contributed by atoms with van der Waals surface area (Å²) < 4.78 is 0. The number of aryl methyl sites for hydroxylation is 1. The van der Waals surface area contributed by atoms with E-state index in [1.807, 2.05) is 0 Å². The molecule has 1 aliphatic rings.